The Bertz CT molecular complexity index is 621. The van der Waals surface area contributed by atoms with E-state index in [0.717, 1.165) is 31.8 Å². The number of aliphatic hydroxyl groups is 1. The van der Waals surface area contributed by atoms with Gasteiger partial charge in [-0.25, -0.2) is 4.57 Å². The minimum atomic E-state index is -3.88. The van der Waals surface area contributed by atoms with E-state index in [9.17, 15) is 19.0 Å². The first kappa shape index (κ1) is 33.3. The van der Waals surface area contributed by atoms with Gasteiger partial charge in [0.25, 0.3) is 0 Å². The van der Waals surface area contributed by atoms with Gasteiger partial charge >= 0.3 is 15.4 Å². The molecule has 0 saturated heterocycles. The summed E-state index contributed by atoms with van der Waals surface area (Å²) >= 11 is 0. The second-order valence-electron chi connectivity index (χ2n) is 6.70. The van der Waals surface area contributed by atoms with Crippen LogP contribution in [-0.2, 0) is 27.5 Å². The molecular formula is C21H40O9P2. The van der Waals surface area contributed by atoms with Crippen molar-refractivity contribution in [1.82, 2.24) is 0 Å². The summed E-state index contributed by atoms with van der Waals surface area (Å²) in [5, 5.41) is 9.41. The molecule has 0 radical (unpaired) electrons. The van der Waals surface area contributed by atoms with E-state index >= 15 is 0 Å². The molecule has 0 bridgehead atoms. The van der Waals surface area contributed by atoms with Crippen LogP contribution in [0.2, 0.25) is 0 Å². The molecule has 0 heterocycles. The molecule has 0 aliphatic heterocycles. The van der Waals surface area contributed by atoms with Crippen molar-refractivity contribution in [1.29, 1.82) is 0 Å². The first-order chi connectivity index (χ1) is 15.0. The molecule has 0 spiro atoms. The van der Waals surface area contributed by atoms with Crippen molar-refractivity contribution < 1.29 is 42.4 Å². The Morgan fingerprint density at radius 3 is 1.97 bits per heavy atom. The van der Waals surface area contributed by atoms with E-state index < -0.39 is 33.9 Å². The van der Waals surface area contributed by atoms with Gasteiger partial charge in [-0.1, -0.05) is 51.5 Å². The van der Waals surface area contributed by atoms with Crippen LogP contribution in [0.15, 0.2) is 37.2 Å². The molecule has 188 valence electrons. The van der Waals surface area contributed by atoms with Gasteiger partial charge in [-0.15, -0.1) is 0 Å². The first-order valence-electron chi connectivity index (χ1n) is 10.8. The normalized spacial score (nSPS) is 15.8. The number of rotatable bonds is 14. The summed E-state index contributed by atoms with van der Waals surface area (Å²) in [5.41, 5.74) is 0. The molecule has 0 aromatic rings. The number of carbonyl (C=O) groups is 1. The van der Waals surface area contributed by atoms with E-state index in [1.165, 1.54) is 25.7 Å². The molecule has 1 rings (SSSR count). The zero-order chi connectivity index (χ0) is 24.9. The molecule has 32 heavy (non-hydrogen) atoms. The molecule has 11 heteroatoms. The lowest BCUT2D eigenvalue weighted by Crippen LogP contribution is -2.24. The molecule has 9 nitrogen and oxygen atoms in total. The third-order valence-corrected chi connectivity index (χ3v) is 5.86. The Balaban J connectivity index is 0. The van der Waals surface area contributed by atoms with Crippen molar-refractivity contribution in [2.75, 3.05) is 19.8 Å². The fourth-order valence-corrected chi connectivity index (χ4v) is 3.33. The van der Waals surface area contributed by atoms with Gasteiger partial charge in [0.1, 0.15) is 6.10 Å². The fraction of sp³-hybridized carbons (Fsp3) is 0.667. The molecule has 1 aliphatic carbocycles. The molecule has 0 aromatic carbocycles. The van der Waals surface area contributed by atoms with Gasteiger partial charge in [0, 0.05) is 5.82 Å². The van der Waals surface area contributed by atoms with E-state index in [2.05, 4.69) is 32.2 Å². The van der Waals surface area contributed by atoms with Crippen LogP contribution in [0, 0.1) is 0 Å². The largest absolute Gasteiger partial charge is 0.474 e. The molecule has 2 unspecified atom stereocenters. The van der Waals surface area contributed by atoms with Crippen LogP contribution in [0.5, 0.6) is 0 Å². The Hall–Kier alpha value is -0.890. The minimum absolute atomic E-state index is 0.151. The summed E-state index contributed by atoms with van der Waals surface area (Å²) < 4.78 is 36.8. The van der Waals surface area contributed by atoms with Crippen molar-refractivity contribution in [2.24, 2.45) is 0 Å². The summed E-state index contributed by atoms with van der Waals surface area (Å²) in [4.78, 5) is 26.7. The Morgan fingerprint density at radius 1 is 1.03 bits per heavy atom. The molecule has 1 aliphatic rings. The SMILES string of the molecule is C1=CCCCC1.C=CC(=O)C(O)COP(=O)(OCC)OCCCCCC.C=CP(=O)(O)O. The predicted octanol–water partition coefficient (Wildman–Crippen LogP) is 5.28. The van der Waals surface area contributed by atoms with E-state index in [1.54, 1.807) is 6.92 Å². The Morgan fingerprint density at radius 2 is 1.59 bits per heavy atom. The predicted molar refractivity (Wildman–Crippen MR) is 126 cm³/mol. The average Bonchev–Trinajstić information content (AvgIpc) is 2.78. The van der Waals surface area contributed by atoms with Gasteiger partial charge in [0.05, 0.1) is 19.8 Å². The number of carbonyl (C=O) groups excluding carboxylic acids is 1. The van der Waals surface area contributed by atoms with Crippen LogP contribution >= 0.6 is 15.4 Å². The topological polar surface area (TPSA) is 140 Å². The monoisotopic (exact) mass is 498 g/mol. The molecular weight excluding hydrogens is 458 g/mol. The van der Waals surface area contributed by atoms with E-state index in [0.29, 0.717) is 5.82 Å². The van der Waals surface area contributed by atoms with Crippen LogP contribution in [0.25, 0.3) is 0 Å². The molecule has 0 fully saturated rings. The van der Waals surface area contributed by atoms with Crippen LogP contribution in [0.3, 0.4) is 0 Å². The van der Waals surface area contributed by atoms with Crippen molar-refractivity contribution in [3.63, 3.8) is 0 Å². The summed E-state index contributed by atoms with van der Waals surface area (Å²) in [7, 11) is -7.60. The number of unbranched alkanes of at least 4 members (excludes halogenated alkanes) is 3. The Labute approximate surface area is 192 Å². The maximum atomic E-state index is 12.1. The second-order valence-corrected chi connectivity index (χ2v) is 9.92. The lowest BCUT2D eigenvalue weighted by molar-refractivity contribution is -0.123. The number of phosphoric acid groups is 1. The third-order valence-electron chi connectivity index (χ3n) is 3.85. The fourth-order valence-electron chi connectivity index (χ4n) is 2.12. The van der Waals surface area contributed by atoms with E-state index in [-0.39, 0.29) is 13.2 Å². The third kappa shape index (κ3) is 22.3. The van der Waals surface area contributed by atoms with E-state index in [4.69, 9.17) is 23.4 Å². The highest BCUT2D eigenvalue weighted by atomic mass is 31.2. The van der Waals surface area contributed by atoms with Gasteiger partial charge in [-0.3, -0.25) is 22.9 Å². The van der Waals surface area contributed by atoms with Crippen molar-refractivity contribution in [3.8, 4) is 0 Å². The van der Waals surface area contributed by atoms with Crippen LogP contribution in [-0.4, -0.2) is 46.6 Å². The van der Waals surface area contributed by atoms with Crippen molar-refractivity contribution in [2.45, 2.75) is 71.3 Å². The van der Waals surface area contributed by atoms with Crippen molar-refractivity contribution in [3.05, 3.63) is 37.2 Å². The van der Waals surface area contributed by atoms with Crippen LogP contribution < -0.4 is 0 Å². The highest BCUT2D eigenvalue weighted by molar-refractivity contribution is 7.55. The smallest absolute Gasteiger partial charge is 0.382 e. The van der Waals surface area contributed by atoms with Gasteiger partial charge in [0.15, 0.2) is 5.78 Å². The van der Waals surface area contributed by atoms with Crippen molar-refractivity contribution >= 4 is 21.2 Å². The number of hydrogen-bond donors (Lipinski definition) is 3. The number of aliphatic hydroxyl groups excluding tert-OH is 1. The lowest BCUT2D eigenvalue weighted by Gasteiger charge is -2.18. The molecule has 0 saturated carbocycles. The van der Waals surface area contributed by atoms with E-state index in [1.807, 2.05) is 0 Å². The second kappa shape index (κ2) is 20.7. The summed E-state index contributed by atoms with van der Waals surface area (Å²) in [6.45, 7) is 9.81. The zero-order valence-corrected chi connectivity index (χ0v) is 21.1. The summed E-state index contributed by atoms with van der Waals surface area (Å²) in [6.07, 6.45) is 13.5. The minimum Gasteiger partial charge on any atom is -0.382 e. The summed E-state index contributed by atoms with van der Waals surface area (Å²) in [6, 6.07) is 0. The maximum Gasteiger partial charge on any atom is 0.474 e. The average molecular weight is 498 g/mol. The Kier molecular flexibility index (Phi) is 21.5. The lowest BCUT2D eigenvalue weighted by atomic mass is 10.1. The van der Waals surface area contributed by atoms with Crippen LogP contribution in [0.1, 0.15) is 65.2 Å². The molecule has 0 amide bonds. The number of phosphoric ester groups is 1. The highest BCUT2D eigenvalue weighted by Crippen LogP contribution is 2.49. The number of allylic oxidation sites excluding steroid dienone is 2. The van der Waals surface area contributed by atoms with Gasteiger partial charge in [-0.2, -0.15) is 0 Å². The van der Waals surface area contributed by atoms with Gasteiger partial charge in [-0.05, 0) is 45.1 Å². The van der Waals surface area contributed by atoms with Gasteiger partial charge in [0.2, 0.25) is 0 Å². The maximum absolute atomic E-state index is 12.1. The molecule has 3 N–H and O–H groups in total. The number of hydrogen-bond acceptors (Lipinski definition) is 7. The van der Waals surface area contributed by atoms with Gasteiger partial charge < -0.3 is 14.9 Å². The highest BCUT2D eigenvalue weighted by Gasteiger charge is 2.28. The standard InChI is InChI=1S/C13H25O6P.C6H10.C2H5O3P/c1-4-7-8-9-10-18-20(16,17-6-3)19-11-13(15)12(14)5-2;1-2-4-6-5-3-1;1-2-6(3,4)5/h5,13,15H,2,4,6-11H2,1,3H3;1-2H,3-6H2;2H,1H2,(H2,3,4,5). The van der Waals surface area contributed by atoms with Crippen LogP contribution in [0.4, 0.5) is 0 Å². The quantitative estimate of drug-likeness (QED) is 0.126. The molecule has 2 atom stereocenters. The summed E-state index contributed by atoms with van der Waals surface area (Å²) in [5.74, 6) is 0.00324. The first-order valence-corrected chi connectivity index (χ1v) is 13.9. The number of ketones is 1. The zero-order valence-electron chi connectivity index (χ0n) is 19.3. The molecule has 0 aromatic heterocycles.